The van der Waals surface area contributed by atoms with Gasteiger partial charge < -0.3 is 78.7 Å². The maximum absolute atomic E-state index is 17.3. The average Bonchev–Trinajstić information content (AvgIpc) is 1.51. The van der Waals surface area contributed by atoms with Crippen LogP contribution in [0.15, 0.2) is 95.2 Å². The lowest BCUT2D eigenvalue weighted by Crippen LogP contribution is -2.71. The zero-order valence-electron chi connectivity index (χ0n) is 72.6. The number of allylic oxidation sites excluding steroid dienone is 16. The van der Waals surface area contributed by atoms with Crippen LogP contribution in [0, 0.1) is 115 Å². The Hall–Kier alpha value is -4.32. The first kappa shape index (κ1) is 89.5. The minimum atomic E-state index is -1.96. The Kier molecular flexibility index (Phi) is 22.7. The van der Waals surface area contributed by atoms with Gasteiger partial charge in [-0.3, -0.25) is 19.2 Å². The molecule has 0 bridgehead atoms. The van der Waals surface area contributed by atoms with E-state index in [2.05, 4.69) is 39.8 Å². The van der Waals surface area contributed by atoms with Crippen LogP contribution < -0.4 is 0 Å². The molecule has 0 aromatic carbocycles. The number of carbonyl (C=O) groups excluding carboxylic acids is 4. The van der Waals surface area contributed by atoms with Gasteiger partial charge in [0.1, 0.15) is 60.2 Å². The van der Waals surface area contributed by atoms with Crippen LogP contribution in [0.2, 0.25) is 0 Å². The van der Waals surface area contributed by atoms with Crippen molar-refractivity contribution in [1.82, 2.24) is 0 Å². The van der Waals surface area contributed by atoms with Crippen LogP contribution in [0.5, 0.6) is 0 Å². The van der Waals surface area contributed by atoms with Crippen molar-refractivity contribution in [3.05, 3.63) is 95.2 Å². The van der Waals surface area contributed by atoms with Crippen LogP contribution in [0.3, 0.4) is 0 Å². The molecule has 662 valence electrons. The second-order valence-electron chi connectivity index (χ2n) is 40.7. The van der Waals surface area contributed by atoms with Gasteiger partial charge in [-0.25, -0.2) is 17.6 Å². The molecule has 16 aliphatic carbocycles. The number of rotatable bonds is 4. The van der Waals surface area contributed by atoms with Crippen molar-refractivity contribution in [3.8, 4) is 0 Å². The van der Waals surface area contributed by atoms with E-state index in [1.165, 1.54) is 18.2 Å². The van der Waals surface area contributed by atoms with Crippen LogP contribution >= 0.6 is 0 Å². The van der Waals surface area contributed by atoms with Crippen molar-refractivity contribution in [3.63, 3.8) is 0 Å². The summed E-state index contributed by atoms with van der Waals surface area (Å²) in [5.41, 5.74) is -13.9. The molecule has 0 aromatic rings. The van der Waals surface area contributed by atoms with Crippen molar-refractivity contribution in [2.45, 2.75) is 301 Å². The van der Waals surface area contributed by atoms with Gasteiger partial charge in [0.05, 0.1) is 24.4 Å². The van der Waals surface area contributed by atoms with Crippen LogP contribution in [-0.4, -0.2) is 199 Å². The first-order valence-corrected chi connectivity index (χ1v) is 44.9. The highest BCUT2D eigenvalue weighted by atomic mass is 19.2. The molecular weight excluding hydrogens is 1540 g/mol. The zero-order chi connectivity index (χ0) is 86.5. The molecule has 119 heavy (non-hydrogen) atoms. The van der Waals surface area contributed by atoms with Crippen molar-refractivity contribution in [2.75, 3.05) is 53.6 Å². The van der Waals surface area contributed by atoms with E-state index in [4.69, 9.17) is 37.9 Å². The predicted molar refractivity (Wildman–Crippen MR) is 432 cm³/mol. The summed E-state index contributed by atoms with van der Waals surface area (Å²) in [7, 11) is 0. The molecule has 12 saturated carbocycles. The maximum Gasteiger partial charge on any atom is 0.227 e. The number of ether oxygens (including phenoxy) is 8. The van der Waals surface area contributed by atoms with Gasteiger partial charge in [-0.05, 0) is 201 Å². The molecule has 4 heterocycles. The fourth-order valence-electron chi connectivity index (χ4n) is 31.8. The van der Waals surface area contributed by atoms with E-state index in [0.29, 0.717) is 76.4 Å². The number of hydrogen-bond donors (Lipinski definition) is 8. The van der Waals surface area contributed by atoms with E-state index in [-0.39, 0.29) is 118 Å². The maximum atomic E-state index is 17.3. The van der Waals surface area contributed by atoms with Crippen LogP contribution in [0.4, 0.5) is 17.6 Å². The topological polar surface area (TPSA) is 304 Å². The number of alkyl halides is 4. The lowest BCUT2D eigenvalue weighted by molar-refractivity contribution is -0.279. The third-order valence-corrected chi connectivity index (χ3v) is 37.2. The average molecular weight is 1670 g/mol. The number of hydrogen-bond acceptors (Lipinski definition) is 20. The highest BCUT2D eigenvalue weighted by Gasteiger charge is 2.85. The van der Waals surface area contributed by atoms with Gasteiger partial charge in [0.25, 0.3) is 0 Å². The summed E-state index contributed by atoms with van der Waals surface area (Å²) < 4.78 is 116. The summed E-state index contributed by atoms with van der Waals surface area (Å²) in [5, 5.41) is 86.5. The Morgan fingerprint density at radius 3 is 1.24 bits per heavy atom. The molecule has 8 N–H and O–H groups in total. The van der Waals surface area contributed by atoms with Crippen LogP contribution in [0.1, 0.15) is 219 Å². The summed E-state index contributed by atoms with van der Waals surface area (Å²) in [6.07, 6.45) is 26.1. The third kappa shape index (κ3) is 11.1. The minimum absolute atomic E-state index is 0.0110. The van der Waals surface area contributed by atoms with Crippen molar-refractivity contribution < 1.29 is 115 Å². The number of aliphatic hydroxyl groups is 8. The molecule has 24 heteroatoms. The molecule has 0 amide bonds. The molecule has 0 radical (unpaired) electrons. The predicted octanol–water partition coefficient (Wildman–Crippen LogP) is 13.2. The minimum Gasteiger partial charge on any atom is -0.390 e. The highest BCUT2D eigenvalue weighted by Crippen LogP contribution is 2.79. The van der Waals surface area contributed by atoms with E-state index >= 15 is 17.6 Å². The lowest BCUT2D eigenvalue weighted by Gasteiger charge is -2.64. The Labute approximate surface area is 699 Å². The van der Waals surface area contributed by atoms with Crippen molar-refractivity contribution in [1.29, 1.82) is 0 Å². The molecule has 34 atom stereocenters. The molecule has 4 spiro atoms. The molecule has 4 aliphatic heterocycles. The Bertz CT molecular complexity index is 4250. The first-order chi connectivity index (χ1) is 56.1. The monoisotopic (exact) mass is 1670 g/mol. The SMILES string of the molecule is CC.CC.C[C@@H]1C[C@@H]2C(C[C@H](O)[C@@]3(F)[C@H]2CCC2=CC(=O)C=C[C@@]23C)[C@@]1(O)C(=O)CO.C[C@@H]1C[C@H]2[C@@H]3CCC4=CC(=O)C=C[C@]4(C)[C@@]3(F)[C@@H](O)C[C@]2(C)[C@]12OCOC21COCO1.C[C@@H]1C[C@H]2[C@@H]3CCC4=CC=CC[C@]4(C)[C@@]3(F)[C@@H](O)C[C@]2(C)[C@@]1(O)C(=O)CO.C[C@@H]1C[C@H]2[C@@H]3CCC4=CC=CC[C@]4(C)[C@@]3(F)[C@@H](O)C[C@]2(C)[C@]12OCOC21COCO1. The van der Waals surface area contributed by atoms with Gasteiger partial charge in [0.2, 0.25) is 11.6 Å². The molecule has 0 aromatic heterocycles. The summed E-state index contributed by atoms with van der Waals surface area (Å²) >= 11 is 0. The molecule has 20 rings (SSSR count). The number of Topliss-reactive ketones (excluding diaryl/α,β-unsaturated/α-hetero) is 2. The molecule has 20 aliphatic rings. The second kappa shape index (κ2) is 30.2. The number of aliphatic hydroxyl groups excluding tert-OH is 6. The molecule has 4 saturated heterocycles. The summed E-state index contributed by atoms with van der Waals surface area (Å²) in [6, 6.07) is 0. The first-order valence-electron chi connectivity index (χ1n) is 44.9. The highest BCUT2D eigenvalue weighted by molar-refractivity contribution is 6.02. The largest absolute Gasteiger partial charge is 0.390 e. The Balaban J connectivity index is 0.000000122. The van der Waals surface area contributed by atoms with Gasteiger partial charge in [-0.2, -0.15) is 0 Å². The smallest absolute Gasteiger partial charge is 0.227 e. The van der Waals surface area contributed by atoms with Gasteiger partial charge in [-0.1, -0.05) is 161 Å². The second-order valence-corrected chi connectivity index (χ2v) is 40.7. The van der Waals surface area contributed by atoms with E-state index in [9.17, 15) is 60.0 Å². The van der Waals surface area contributed by atoms with E-state index < -0.39 is 167 Å². The number of fused-ring (bicyclic) bond motifs is 24. The Morgan fingerprint density at radius 2 is 0.815 bits per heavy atom. The van der Waals surface area contributed by atoms with E-state index in [1.54, 1.807) is 32.1 Å². The van der Waals surface area contributed by atoms with Gasteiger partial charge in [-0.15, -0.1) is 0 Å². The fourth-order valence-corrected chi connectivity index (χ4v) is 31.8. The molecule has 3 unspecified atom stereocenters. The fraction of sp³-hybridized carbons (Fsp3) is 0.789. The Morgan fingerprint density at radius 1 is 0.437 bits per heavy atom. The quantitative estimate of drug-likeness (QED) is 0.121. The van der Waals surface area contributed by atoms with Gasteiger partial charge in [0, 0.05) is 67.5 Å². The summed E-state index contributed by atoms with van der Waals surface area (Å²) in [4.78, 5) is 48.7. The normalized spacial score (nSPS) is 54.0. The van der Waals surface area contributed by atoms with Crippen LogP contribution in [0.25, 0.3) is 0 Å². The van der Waals surface area contributed by atoms with E-state index in [0.717, 1.165) is 48.8 Å². The lowest BCUT2D eigenvalue weighted by atomic mass is 9.44. The number of ketones is 4. The zero-order valence-corrected chi connectivity index (χ0v) is 72.6. The van der Waals surface area contributed by atoms with Crippen molar-refractivity contribution >= 4 is 23.1 Å². The standard InChI is InChI=1S/C24H31FO6.C24H33FO5.C22H31FO4.C21H27FO5.2C2H6/c1-14-8-18-17-5-4-15-9-16(26)6-7-20(15,2)23(17,25)19(27)10-21(18,3)24(14)22(30-13-31-24)11-28-12-29-22;1-15-10-18-17-8-7-16-6-4-5-9-20(16,2)23(17,25)19(26)11-21(18,3)24(15)22(29-14-30-24)12-27-13-28-22;1-13-10-16-15-8-7-14-6-4-5-9-19(14,2)21(15,23)17(25)11-20(16,3)22(13,27)18(26)12-24;1-11-7-14-15-4-3-12-8-13(24)5-6-19(12,2)21(15,22)17(25)9-16(14)20(11,27)18(26)10-23;2*1-2/h6-7,9,14,17-19,27H,4-5,8,10-13H2,1-3H3;4-6,15,17-19,26H,7-14H2,1-3H3;4-6,13,15-17,24-25,27H,7-12H2,1-3H3;5-6,8,11,14-17,23,25,27H,3-4,7,9-10H2,1-2H3;2*1-2H3/t14-,17+,18+,19+,20+,21+,22?,23+,24-;15-,17+,18+,19+,20+,21+,22?,23+,24-;13-,15+,16+,17+,19+,20+,21+,22+;11-,14+,15+,16?,17+,19+,20-,21+;;/m1111../s1. The number of carbonyl (C=O) groups is 4. The van der Waals surface area contributed by atoms with Gasteiger partial charge >= 0.3 is 0 Å². The van der Waals surface area contributed by atoms with Crippen LogP contribution in [-0.2, 0) is 57.1 Å². The van der Waals surface area contributed by atoms with Gasteiger partial charge in [0.15, 0.2) is 61.6 Å². The molecular formula is C95H134F4O20. The van der Waals surface area contributed by atoms with E-state index in [1.807, 2.05) is 86.6 Å². The molecule has 16 fully saturated rings. The molecule has 20 nitrogen and oxygen atoms in total. The third-order valence-electron chi connectivity index (χ3n) is 37.2. The van der Waals surface area contributed by atoms with Crippen molar-refractivity contribution in [2.24, 2.45) is 115 Å². The summed E-state index contributed by atoms with van der Waals surface area (Å²) in [5.74, 6) is -6.58. The summed E-state index contributed by atoms with van der Waals surface area (Å²) in [6.45, 7) is 29.2. The number of halogens is 4.